The summed E-state index contributed by atoms with van der Waals surface area (Å²) in [5, 5.41) is 3.62. The van der Waals surface area contributed by atoms with Gasteiger partial charge >= 0.3 is 0 Å². The number of nitrogens with zero attached hydrogens (tertiary/aromatic N) is 2. The summed E-state index contributed by atoms with van der Waals surface area (Å²) >= 11 is 6.08. The van der Waals surface area contributed by atoms with Crippen molar-refractivity contribution in [3.05, 3.63) is 35.6 Å². The van der Waals surface area contributed by atoms with Gasteiger partial charge in [0, 0.05) is 24.5 Å². The average molecular weight is 264 g/mol. The Bertz CT molecular complexity index is 528. The van der Waals surface area contributed by atoms with E-state index in [9.17, 15) is 0 Å². The van der Waals surface area contributed by atoms with Gasteiger partial charge in [0.25, 0.3) is 0 Å². The number of anilines is 1. The first kappa shape index (κ1) is 12.6. The zero-order chi connectivity index (χ0) is 13.0. The van der Waals surface area contributed by atoms with Crippen LogP contribution in [0, 0.1) is 0 Å². The third-order valence-electron chi connectivity index (χ3n) is 2.47. The lowest BCUT2D eigenvalue weighted by atomic mass is 10.1. The summed E-state index contributed by atoms with van der Waals surface area (Å²) < 4.78 is 5.11. The van der Waals surface area contributed by atoms with E-state index < -0.39 is 0 Å². The van der Waals surface area contributed by atoms with E-state index >= 15 is 0 Å². The van der Waals surface area contributed by atoms with Crippen LogP contribution in [0.5, 0.6) is 5.75 Å². The van der Waals surface area contributed by atoms with Gasteiger partial charge in [-0.3, -0.25) is 0 Å². The zero-order valence-electron chi connectivity index (χ0n) is 10.3. The number of methoxy groups -OCH3 is 1. The Hall–Kier alpha value is -1.81. The maximum atomic E-state index is 6.08. The molecule has 1 aromatic carbocycles. The van der Waals surface area contributed by atoms with Crippen LogP contribution in [0.25, 0.3) is 11.1 Å². The highest BCUT2D eigenvalue weighted by molar-refractivity contribution is 6.32. The van der Waals surface area contributed by atoms with Crippen molar-refractivity contribution in [2.75, 3.05) is 19.0 Å². The molecule has 4 nitrogen and oxygen atoms in total. The van der Waals surface area contributed by atoms with Crippen molar-refractivity contribution in [3.63, 3.8) is 0 Å². The maximum Gasteiger partial charge on any atom is 0.222 e. The predicted octanol–water partition coefficient (Wildman–Crippen LogP) is 3.24. The van der Waals surface area contributed by atoms with Gasteiger partial charge in [0.15, 0.2) is 0 Å². The molecule has 0 aliphatic rings. The number of nitrogens with one attached hydrogen (secondary N) is 1. The molecule has 1 N–H and O–H groups in total. The van der Waals surface area contributed by atoms with Crippen molar-refractivity contribution in [1.29, 1.82) is 0 Å². The summed E-state index contributed by atoms with van der Waals surface area (Å²) in [5.74, 6) is 1.28. The second-order valence-corrected chi connectivity index (χ2v) is 4.08. The van der Waals surface area contributed by atoms with Gasteiger partial charge in [0.1, 0.15) is 5.75 Å². The van der Waals surface area contributed by atoms with E-state index in [0.717, 1.165) is 17.7 Å². The van der Waals surface area contributed by atoms with Crippen molar-refractivity contribution >= 4 is 17.5 Å². The van der Waals surface area contributed by atoms with E-state index in [1.54, 1.807) is 19.5 Å². The van der Waals surface area contributed by atoms with Gasteiger partial charge in [-0.15, -0.1) is 0 Å². The fourth-order valence-corrected chi connectivity index (χ4v) is 1.83. The molecular formula is C13H14ClN3O. The summed E-state index contributed by atoms with van der Waals surface area (Å²) in [7, 11) is 1.59. The quantitative estimate of drug-likeness (QED) is 0.920. The van der Waals surface area contributed by atoms with E-state index in [2.05, 4.69) is 15.3 Å². The Morgan fingerprint density at radius 1 is 1.22 bits per heavy atom. The lowest BCUT2D eigenvalue weighted by Gasteiger charge is -2.06. The van der Waals surface area contributed by atoms with Crippen LogP contribution in [0.15, 0.2) is 30.6 Å². The van der Waals surface area contributed by atoms with E-state index in [4.69, 9.17) is 16.3 Å². The molecule has 0 aliphatic carbocycles. The largest absolute Gasteiger partial charge is 0.495 e. The Morgan fingerprint density at radius 2 is 1.94 bits per heavy atom. The molecule has 0 amide bonds. The lowest BCUT2D eigenvalue weighted by Crippen LogP contribution is -2.01. The second kappa shape index (κ2) is 5.69. The van der Waals surface area contributed by atoms with Gasteiger partial charge in [-0.25, -0.2) is 9.97 Å². The Balaban J connectivity index is 2.28. The van der Waals surface area contributed by atoms with Crippen LogP contribution in [0.4, 0.5) is 5.95 Å². The minimum Gasteiger partial charge on any atom is -0.495 e. The monoisotopic (exact) mass is 263 g/mol. The van der Waals surface area contributed by atoms with Gasteiger partial charge in [-0.2, -0.15) is 0 Å². The Kier molecular flexibility index (Phi) is 3.99. The first-order chi connectivity index (χ1) is 8.74. The molecule has 0 saturated carbocycles. The molecule has 0 fully saturated rings. The molecule has 1 heterocycles. The Morgan fingerprint density at radius 3 is 2.50 bits per heavy atom. The minimum absolute atomic E-state index is 0.575. The summed E-state index contributed by atoms with van der Waals surface area (Å²) in [6, 6.07) is 5.60. The predicted molar refractivity (Wildman–Crippen MR) is 73.2 cm³/mol. The second-order valence-electron chi connectivity index (χ2n) is 3.68. The van der Waals surface area contributed by atoms with Crippen LogP contribution in [-0.2, 0) is 0 Å². The molecule has 5 heteroatoms. The van der Waals surface area contributed by atoms with E-state index in [0.29, 0.717) is 16.7 Å². The van der Waals surface area contributed by atoms with Crippen LogP contribution >= 0.6 is 11.6 Å². The molecule has 2 rings (SSSR count). The van der Waals surface area contributed by atoms with Crippen LogP contribution in [0.1, 0.15) is 6.92 Å². The van der Waals surface area contributed by atoms with Crippen molar-refractivity contribution in [2.45, 2.75) is 6.92 Å². The number of halogens is 1. The number of ether oxygens (including phenoxy) is 1. The minimum atomic E-state index is 0.575. The third-order valence-corrected chi connectivity index (χ3v) is 2.77. The SMILES string of the molecule is CCNc1ncc(-c2ccc(OC)c(Cl)c2)cn1. The molecule has 0 saturated heterocycles. The highest BCUT2D eigenvalue weighted by Gasteiger charge is 2.04. The fourth-order valence-electron chi connectivity index (χ4n) is 1.57. The van der Waals surface area contributed by atoms with Crippen LogP contribution in [0.2, 0.25) is 5.02 Å². The molecule has 0 bridgehead atoms. The van der Waals surface area contributed by atoms with Crippen LogP contribution in [-0.4, -0.2) is 23.6 Å². The maximum absolute atomic E-state index is 6.08. The van der Waals surface area contributed by atoms with Gasteiger partial charge in [-0.05, 0) is 24.6 Å². The third kappa shape index (κ3) is 2.71. The lowest BCUT2D eigenvalue weighted by molar-refractivity contribution is 0.415. The fraction of sp³-hybridized carbons (Fsp3) is 0.231. The van der Waals surface area contributed by atoms with Crippen molar-refractivity contribution in [1.82, 2.24) is 9.97 Å². The molecule has 0 radical (unpaired) electrons. The molecule has 1 aromatic heterocycles. The first-order valence-corrected chi connectivity index (χ1v) is 6.02. The molecule has 0 unspecified atom stereocenters. The average Bonchev–Trinajstić information content (AvgIpc) is 2.40. The van der Waals surface area contributed by atoms with Gasteiger partial charge < -0.3 is 10.1 Å². The molecule has 2 aromatic rings. The normalized spacial score (nSPS) is 10.2. The molecule has 0 spiro atoms. The van der Waals surface area contributed by atoms with Crippen LogP contribution < -0.4 is 10.1 Å². The number of hydrogen-bond donors (Lipinski definition) is 1. The molecule has 18 heavy (non-hydrogen) atoms. The molecular weight excluding hydrogens is 250 g/mol. The number of aromatic nitrogens is 2. The molecule has 94 valence electrons. The number of rotatable bonds is 4. The topological polar surface area (TPSA) is 47.0 Å². The highest BCUT2D eigenvalue weighted by atomic mass is 35.5. The van der Waals surface area contributed by atoms with E-state index in [1.165, 1.54) is 0 Å². The molecule has 0 atom stereocenters. The van der Waals surface area contributed by atoms with Crippen LogP contribution in [0.3, 0.4) is 0 Å². The number of hydrogen-bond acceptors (Lipinski definition) is 4. The van der Waals surface area contributed by atoms with Crippen molar-refractivity contribution < 1.29 is 4.74 Å². The van der Waals surface area contributed by atoms with E-state index in [1.807, 2.05) is 25.1 Å². The summed E-state index contributed by atoms with van der Waals surface area (Å²) in [6.07, 6.45) is 3.53. The highest BCUT2D eigenvalue weighted by Crippen LogP contribution is 2.29. The summed E-state index contributed by atoms with van der Waals surface area (Å²) in [4.78, 5) is 8.44. The molecule has 0 aliphatic heterocycles. The standard InChI is InChI=1S/C13H14ClN3O/c1-3-15-13-16-7-10(8-17-13)9-4-5-12(18-2)11(14)6-9/h4-8H,3H2,1-2H3,(H,15,16,17). The van der Waals surface area contributed by atoms with Crippen molar-refractivity contribution in [3.8, 4) is 16.9 Å². The summed E-state index contributed by atoms with van der Waals surface area (Å²) in [5.41, 5.74) is 1.88. The first-order valence-electron chi connectivity index (χ1n) is 5.64. The van der Waals surface area contributed by atoms with Gasteiger partial charge in [0.2, 0.25) is 5.95 Å². The number of benzene rings is 1. The van der Waals surface area contributed by atoms with Crippen molar-refractivity contribution in [2.24, 2.45) is 0 Å². The van der Waals surface area contributed by atoms with E-state index in [-0.39, 0.29) is 0 Å². The van der Waals surface area contributed by atoms with Gasteiger partial charge in [0.05, 0.1) is 12.1 Å². The summed E-state index contributed by atoms with van der Waals surface area (Å²) in [6.45, 7) is 2.80. The van der Waals surface area contributed by atoms with Gasteiger partial charge in [-0.1, -0.05) is 17.7 Å². The zero-order valence-corrected chi connectivity index (χ0v) is 11.0. The smallest absolute Gasteiger partial charge is 0.222 e. The Labute approximate surface area is 111 Å².